The Morgan fingerprint density at radius 2 is 2.04 bits per heavy atom. The van der Waals surface area contributed by atoms with E-state index in [0.29, 0.717) is 11.3 Å². The van der Waals surface area contributed by atoms with Gasteiger partial charge in [0.1, 0.15) is 6.17 Å². The molecule has 2 aromatic rings. The highest BCUT2D eigenvalue weighted by molar-refractivity contribution is 6.01. The van der Waals surface area contributed by atoms with E-state index in [1.165, 1.54) is 7.11 Å². The van der Waals surface area contributed by atoms with Crippen molar-refractivity contribution in [3.63, 3.8) is 0 Å². The third kappa shape index (κ3) is 2.66. The van der Waals surface area contributed by atoms with Crippen LogP contribution in [0, 0.1) is 0 Å². The van der Waals surface area contributed by atoms with Crippen molar-refractivity contribution in [2.45, 2.75) is 32.5 Å². The third-order valence-electron chi connectivity index (χ3n) is 4.55. The summed E-state index contributed by atoms with van der Waals surface area (Å²) in [6.07, 6.45) is 0.540. The molecule has 0 bridgehead atoms. The third-order valence-corrected chi connectivity index (χ3v) is 4.55. The Bertz CT molecular complexity index is 760. The summed E-state index contributed by atoms with van der Waals surface area (Å²) in [6.45, 7) is 4.10. The molecule has 24 heavy (non-hydrogen) atoms. The molecule has 3 rings (SSSR count). The molecule has 126 valence electrons. The molecule has 2 N–H and O–H groups in total. The van der Waals surface area contributed by atoms with Gasteiger partial charge in [-0.25, -0.2) is 0 Å². The Balaban J connectivity index is 2.09. The highest BCUT2D eigenvalue weighted by Gasteiger charge is 2.35. The van der Waals surface area contributed by atoms with Crippen LogP contribution in [0.5, 0.6) is 11.5 Å². The molecule has 0 spiro atoms. The Hall–Kier alpha value is -2.69. The average molecular weight is 326 g/mol. The molecule has 0 saturated carbocycles. The smallest absolute Gasteiger partial charge is 0.258 e. The molecular formula is C19H22N2O3. The Kier molecular flexibility index (Phi) is 4.34. The van der Waals surface area contributed by atoms with Crippen molar-refractivity contribution >= 4 is 11.6 Å². The van der Waals surface area contributed by atoms with Gasteiger partial charge in [-0.05, 0) is 43.2 Å². The van der Waals surface area contributed by atoms with E-state index in [2.05, 4.69) is 12.2 Å². The second-order valence-electron chi connectivity index (χ2n) is 5.99. The number of amides is 1. The van der Waals surface area contributed by atoms with E-state index >= 15 is 0 Å². The van der Waals surface area contributed by atoms with Crippen molar-refractivity contribution in [2.75, 3.05) is 12.4 Å². The van der Waals surface area contributed by atoms with Gasteiger partial charge < -0.3 is 20.1 Å². The van der Waals surface area contributed by atoms with E-state index in [0.717, 1.165) is 17.7 Å². The Labute approximate surface area is 141 Å². The number of aromatic hydroxyl groups is 1. The first-order valence-electron chi connectivity index (χ1n) is 8.12. The molecular weight excluding hydrogens is 304 g/mol. The monoisotopic (exact) mass is 326 g/mol. The highest BCUT2D eigenvalue weighted by Crippen LogP contribution is 2.37. The molecule has 1 heterocycles. The summed E-state index contributed by atoms with van der Waals surface area (Å²) in [7, 11) is 1.51. The minimum Gasteiger partial charge on any atom is -0.504 e. The van der Waals surface area contributed by atoms with Gasteiger partial charge >= 0.3 is 0 Å². The molecule has 2 aromatic carbocycles. The average Bonchev–Trinajstić information content (AvgIpc) is 2.61. The molecule has 2 atom stereocenters. The molecule has 1 aliphatic rings. The zero-order valence-corrected chi connectivity index (χ0v) is 14.1. The Morgan fingerprint density at radius 1 is 1.29 bits per heavy atom. The molecule has 1 aliphatic heterocycles. The number of benzene rings is 2. The molecule has 0 radical (unpaired) electrons. The number of nitrogens with zero attached hydrogens (tertiary/aromatic N) is 1. The number of nitrogens with one attached hydrogen (secondary N) is 1. The lowest BCUT2D eigenvalue weighted by Crippen LogP contribution is -2.47. The van der Waals surface area contributed by atoms with Gasteiger partial charge in [-0.15, -0.1) is 0 Å². The predicted molar refractivity (Wildman–Crippen MR) is 93.4 cm³/mol. The molecule has 0 aromatic heterocycles. The van der Waals surface area contributed by atoms with Crippen LogP contribution in [0.15, 0.2) is 42.5 Å². The summed E-state index contributed by atoms with van der Waals surface area (Å²) in [5.74, 6) is 0.485. The summed E-state index contributed by atoms with van der Waals surface area (Å²) in [4.78, 5) is 14.9. The summed E-state index contributed by atoms with van der Waals surface area (Å²) < 4.78 is 5.21. The zero-order chi connectivity index (χ0) is 17.3. The van der Waals surface area contributed by atoms with Gasteiger partial charge in [0.2, 0.25) is 0 Å². The standard InChI is InChI=1S/C19H22N2O3/c1-4-12(2)21-18(13-9-10-16(22)17(11-13)24-3)20-15-8-6-5-7-14(15)19(21)23/h5-12,18,20,22H,4H2,1-3H3/t12-,18+/m1/s1. The number of rotatable bonds is 4. The first-order chi connectivity index (χ1) is 11.6. The van der Waals surface area contributed by atoms with Crippen molar-refractivity contribution in [1.29, 1.82) is 0 Å². The number of methoxy groups -OCH3 is 1. The molecule has 5 heteroatoms. The maximum absolute atomic E-state index is 13.0. The van der Waals surface area contributed by atoms with Crippen LogP contribution in [0.2, 0.25) is 0 Å². The van der Waals surface area contributed by atoms with Gasteiger partial charge in [0.05, 0.1) is 12.7 Å². The number of ether oxygens (including phenoxy) is 1. The van der Waals surface area contributed by atoms with Crippen LogP contribution in [0.25, 0.3) is 0 Å². The van der Waals surface area contributed by atoms with Crippen LogP contribution in [-0.2, 0) is 0 Å². The number of hydrogen-bond donors (Lipinski definition) is 2. The zero-order valence-electron chi connectivity index (χ0n) is 14.1. The van der Waals surface area contributed by atoms with Crippen molar-refractivity contribution in [3.05, 3.63) is 53.6 Å². The molecule has 0 saturated heterocycles. The van der Waals surface area contributed by atoms with E-state index < -0.39 is 0 Å². The van der Waals surface area contributed by atoms with E-state index in [4.69, 9.17) is 4.74 Å². The van der Waals surface area contributed by atoms with Crippen LogP contribution in [0.3, 0.4) is 0 Å². The highest BCUT2D eigenvalue weighted by atomic mass is 16.5. The van der Waals surface area contributed by atoms with Crippen molar-refractivity contribution in [3.8, 4) is 11.5 Å². The van der Waals surface area contributed by atoms with Crippen LogP contribution in [0.4, 0.5) is 5.69 Å². The Morgan fingerprint density at radius 3 is 2.75 bits per heavy atom. The van der Waals surface area contributed by atoms with Crippen LogP contribution in [-0.4, -0.2) is 29.1 Å². The quantitative estimate of drug-likeness (QED) is 0.898. The van der Waals surface area contributed by atoms with Crippen molar-refractivity contribution < 1.29 is 14.6 Å². The first-order valence-corrected chi connectivity index (χ1v) is 8.12. The largest absolute Gasteiger partial charge is 0.504 e. The number of carbonyl (C=O) groups is 1. The fourth-order valence-corrected chi connectivity index (χ4v) is 3.03. The number of phenols is 1. The molecule has 5 nitrogen and oxygen atoms in total. The normalized spacial score (nSPS) is 17.9. The lowest BCUT2D eigenvalue weighted by Gasteiger charge is -2.41. The SMILES string of the molecule is CC[C@@H](C)N1C(=O)c2ccccc2N[C@@H]1c1ccc(O)c(OC)c1. The molecule has 1 amide bonds. The molecule has 0 fully saturated rings. The summed E-state index contributed by atoms with van der Waals surface area (Å²) in [5, 5.41) is 13.3. The van der Waals surface area contributed by atoms with Crippen molar-refractivity contribution in [1.82, 2.24) is 4.90 Å². The minimum atomic E-state index is -0.308. The van der Waals surface area contributed by atoms with Crippen LogP contribution in [0.1, 0.15) is 42.4 Å². The second-order valence-corrected chi connectivity index (χ2v) is 5.99. The maximum atomic E-state index is 13.0. The van der Waals surface area contributed by atoms with Gasteiger partial charge in [0, 0.05) is 11.7 Å². The van der Waals surface area contributed by atoms with E-state index in [9.17, 15) is 9.90 Å². The van der Waals surface area contributed by atoms with Gasteiger partial charge in [-0.2, -0.15) is 0 Å². The molecule has 0 aliphatic carbocycles. The first kappa shape index (κ1) is 16.2. The number of phenolic OH excluding ortho intramolecular Hbond substituents is 1. The lowest BCUT2D eigenvalue weighted by atomic mass is 10.0. The number of fused-ring (bicyclic) bond motifs is 1. The van der Waals surface area contributed by atoms with Gasteiger partial charge in [-0.3, -0.25) is 4.79 Å². The number of hydrogen-bond acceptors (Lipinski definition) is 4. The number of carbonyl (C=O) groups excluding carboxylic acids is 1. The maximum Gasteiger partial charge on any atom is 0.258 e. The molecule has 0 unspecified atom stereocenters. The summed E-state index contributed by atoms with van der Waals surface area (Å²) in [6, 6.07) is 12.8. The van der Waals surface area contributed by atoms with E-state index in [1.807, 2.05) is 42.2 Å². The summed E-state index contributed by atoms with van der Waals surface area (Å²) in [5.41, 5.74) is 2.37. The minimum absolute atomic E-state index is 0.00995. The predicted octanol–water partition coefficient (Wildman–Crippen LogP) is 3.77. The lowest BCUT2D eigenvalue weighted by molar-refractivity contribution is 0.0593. The van der Waals surface area contributed by atoms with Gasteiger partial charge in [0.25, 0.3) is 5.91 Å². The van der Waals surface area contributed by atoms with E-state index in [1.54, 1.807) is 12.1 Å². The summed E-state index contributed by atoms with van der Waals surface area (Å²) >= 11 is 0. The number of anilines is 1. The van der Waals surface area contributed by atoms with Crippen LogP contribution >= 0.6 is 0 Å². The van der Waals surface area contributed by atoms with Crippen molar-refractivity contribution in [2.24, 2.45) is 0 Å². The fraction of sp³-hybridized carbons (Fsp3) is 0.316. The van der Waals surface area contributed by atoms with Gasteiger partial charge in [0.15, 0.2) is 11.5 Å². The van der Waals surface area contributed by atoms with E-state index in [-0.39, 0.29) is 23.9 Å². The number of para-hydroxylation sites is 1. The van der Waals surface area contributed by atoms with Gasteiger partial charge in [-0.1, -0.05) is 25.1 Å². The topological polar surface area (TPSA) is 61.8 Å². The second kappa shape index (κ2) is 6.43. The fourth-order valence-electron chi connectivity index (χ4n) is 3.03. The van der Waals surface area contributed by atoms with Crippen LogP contribution < -0.4 is 10.1 Å².